The van der Waals surface area contributed by atoms with Crippen LogP contribution >= 0.6 is 0 Å². The normalized spacial score (nSPS) is 17.4. The smallest absolute Gasteiger partial charge is 0.344 e. The lowest BCUT2D eigenvalue weighted by molar-refractivity contribution is -0.166. The number of aryl methyl sites for hydroxylation is 1. The molecule has 2 N–H and O–H groups in total. The van der Waals surface area contributed by atoms with E-state index in [-0.39, 0.29) is 6.03 Å². The van der Waals surface area contributed by atoms with Gasteiger partial charge in [0.1, 0.15) is 6.54 Å². The van der Waals surface area contributed by atoms with E-state index in [0.717, 1.165) is 10.5 Å². The number of likely N-dealkylation sites (tertiary alicyclic amines) is 1. The Morgan fingerprint density at radius 2 is 1.76 bits per heavy atom. The number of carbonyl (C=O) groups is 4. The molecule has 1 saturated heterocycles. The Morgan fingerprint density at radius 1 is 1.06 bits per heavy atom. The summed E-state index contributed by atoms with van der Waals surface area (Å²) in [5.74, 6) is -1.81. The van der Waals surface area contributed by atoms with Gasteiger partial charge in [0.15, 0.2) is 5.54 Å². The van der Waals surface area contributed by atoms with Crippen LogP contribution in [0.5, 0.6) is 0 Å². The molecule has 3 rings (SSSR count). The number of ether oxygens (including phenoxy) is 1. The number of hydrogen-bond donors (Lipinski definition) is 1. The van der Waals surface area contributed by atoms with Gasteiger partial charge in [-0.25, -0.2) is 19.2 Å². The summed E-state index contributed by atoms with van der Waals surface area (Å²) in [4.78, 5) is 55.0. The highest BCUT2D eigenvalue weighted by molar-refractivity contribution is 6.00. The number of esters is 2. The number of hydrogen-bond acceptors (Lipinski definition) is 5. The number of primary amides is 1. The minimum Gasteiger partial charge on any atom is -0.390 e. The Morgan fingerprint density at radius 3 is 2.36 bits per heavy atom. The van der Waals surface area contributed by atoms with Crippen LogP contribution in [0.2, 0.25) is 0 Å². The molecule has 1 heterocycles. The van der Waals surface area contributed by atoms with Gasteiger partial charge in [0.25, 0.3) is 0 Å². The van der Waals surface area contributed by atoms with Crippen molar-refractivity contribution in [2.45, 2.75) is 25.3 Å². The molecule has 9 nitrogen and oxygen atoms in total. The molecule has 1 aliphatic heterocycles. The summed E-state index contributed by atoms with van der Waals surface area (Å²) >= 11 is 0. The van der Waals surface area contributed by atoms with Crippen LogP contribution in [0.4, 0.5) is 15.3 Å². The van der Waals surface area contributed by atoms with Crippen LogP contribution in [0.15, 0.2) is 54.6 Å². The zero-order valence-electron chi connectivity index (χ0n) is 19.0. The van der Waals surface area contributed by atoms with Crippen LogP contribution in [-0.2, 0) is 19.9 Å². The zero-order valence-corrected chi connectivity index (χ0v) is 19.0. The molecule has 1 fully saturated rings. The van der Waals surface area contributed by atoms with Crippen LogP contribution in [0.1, 0.15) is 24.0 Å². The fraction of sp³-hybridized carbons (Fsp3) is 0.333. The van der Waals surface area contributed by atoms with E-state index >= 15 is 0 Å². The van der Waals surface area contributed by atoms with E-state index in [2.05, 4.69) is 0 Å². The first-order valence-corrected chi connectivity index (χ1v) is 10.6. The highest BCUT2D eigenvalue weighted by Crippen LogP contribution is 2.40. The lowest BCUT2D eigenvalue weighted by atomic mass is 9.87. The molecule has 2 aromatic rings. The zero-order chi connectivity index (χ0) is 24.2. The maximum atomic E-state index is 13.5. The summed E-state index contributed by atoms with van der Waals surface area (Å²) < 4.78 is 5.24. The van der Waals surface area contributed by atoms with E-state index in [9.17, 15) is 19.2 Å². The van der Waals surface area contributed by atoms with Gasteiger partial charge in [-0.1, -0.05) is 42.5 Å². The molecule has 0 aromatic heterocycles. The summed E-state index contributed by atoms with van der Waals surface area (Å²) in [5.41, 5.74) is 5.86. The van der Waals surface area contributed by atoms with Crippen LogP contribution < -0.4 is 10.6 Å². The van der Waals surface area contributed by atoms with Gasteiger partial charge in [0.2, 0.25) is 0 Å². The second kappa shape index (κ2) is 9.72. The first-order valence-electron chi connectivity index (χ1n) is 10.6. The number of rotatable bonds is 5. The summed E-state index contributed by atoms with van der Waals surface area (Å²) in [6.45, 7) is 1.63. The predicted molar refractivity (Wildman–Crippen MR) is 122 cm³/mol. The first-order chi connectivity index (χ1) is 15.7. The molecule has 174 valence electrons. The SMILES string of the molecule is Cc1cccc(N(CC(=O)OC(=O)C2(c3ccccc3)CCCN2C(=O)N(C)C)C(N)=O)c1. The summed E-state index contributed by atoms with van der Waals surface area (Å²) in [6.07, 6.45) is 0.870. The number of nitrogens with zero attached hydrogens (tertiary/aromatic N) is 3. The second-order valence-corrected chi connectivity index (χ2v) is 8.18. The quantitative estimate of drug-likeness (QED) is 0.553. The third kappa shape index (κ3) is 4.82. The van der Waals surface area contributed by atoms with Crippen molar-refractivity contribution in [2.75, 3.05) is 32.1 Å². The topological polar surface area (TPSA) is 113 Å². The van der Waals surface area contributed by atoms with Crippen molar-refractivity contribution in [3.63, 3.8) is 0 Å². The van der Waals surface area contributed by atoms with Crippen molar-refractivity contribution in [1.29, 1.82) is 0 Å². The van der Waals surface area contributed by atoms with E-state index in [0.29, 0.717) is 30.6 Å². The molecule has 33 heavy (non-hydrogen) atoms. The standard InChI is InChI=1S/C24H28N4O5/c1-17-9-7-12-19(15-17)27(22(25)31)16-20(29)33-21(30)24(18-10-5-4-6-11-18)13-8-14-28(24)23(32)26(2)3/h4-7,9-12,15H,8,13-14,16H2,1-3H3,(H2,25,31). The van der Waals surface area contributed by atoms with Gasteiger partial charge in [-0.2, -0.15) is 0 Å². The van der Waals surface area contributed by atoms with Gasteiger partial charge < -0.3 is 20.3 Å². The van der Waals surface area contributed by atoms with Gasteiger partial charge >= 0.3 is 24.0 Å². The fourth-order valence-electron chi connectivity index (χ4n) is 4.10. The molecule has 1 atom stereocenters. The molecule has 0 saturated carbocycles. The number of benzene rings is 2. The third-order valence-corrected chi connectivity index (χ3v) is 5.66. The highest BCUT2D eigenvalue weighted by Gasteiger charge is 2.53. The van der Waals surface area contributed by atoms with Crippen molar-refractivity contribution in [2.24, 2.45) is 5.73 Å². The Balaban J connectivity index is 1.89. The lowest BCUT2D eigenvalue weighted by Gasteiger charge is -2.37. The Kier molecular flexibility index (Phi) is 7.01. The van der Waals surface area contributed by atoms with Gasteiger partial charge in [-0.15, -0.1) is 0 Å². The molecule has 1 unspecified atom stereocenters. The van der Waals surface area contributed by atoms with Crippen molar-refractivity contribution in [3.8, 4) is 0 Å². The third-order valence-electron chi connectivity index (χ3n) is 5.66. The van der Waals surface area contributed by atoms with Crippen LogP contribution in [0.3, 0.4) is 0 Å². The van der Waals surface area contributed by atoms with Crippen LogP contribution in [-0.4, -0.2) is 61.0 Å². The maximum absolute atomic E-state index is 13.5. The molecule has 4 amide bonds. The molecular weight excluding hydrogens is 424 g/mol. The van der Waals surface area contributed by atoms with Crippen molar-refractivity contribution >= 4 is 29.7 Å². The Hall–Kier alpha value is -3.88. The molecule has 2 aromatic carbocycles. The number of amides is 4. The lowest BCUT2D eigenvalue weighted by Crippen LogP contribution is -2.55. The number of anilines is 1. The van der Waals surface area contributed by atoms with Crippen molar-refractivity contribution < 1.29 is 23.9 Å². The van der Waals surface area contributed by atoms with Gasteiger partial charge in [0.05, 0.1) is 0 Å². The second-order valence-electron chi connectivity index (χ2n) is 8.18. The minimum absolute atomic E-state index is 0.306. The maximum Gasteiger partial charge on any atom is 0.344 e. The summed E-state index contributed by atoms with van der Waals surface area (Å²) in [5, 5.41) is 0. The van der Waals surface area contributed by atoms with Crippen molar-refractivity contribution in [1.82, 2.24) is 9.80 Å². The van der Waals surface area contributed by atoms with Crippen LogP contribution in [0, 0.1) is 6.92 Å². The van der Waals surface area contributed by atoms with Gasteiger partial charge in [-0.05, 0) is 43.0 Å². The molecule has 0 bridgehead atoms. The summed E-state index contributed by atoms with van der Waals surface area (Å²) in [7, 11) is 3.19. The highest BCUT2D eigenvalue weighted by atomic mass is 16.6. The van der Waals surface area contributed by atoms with E-state index in [4.69, 9.17) is 10.5 Å². The molecule has 0 radical (unpaired) electrons. The fourth-order valence-corrected chi connectivity index (χ4v) is 4.10. The Bertz CT molecular complexity index is 1060. The average molecular weight is 453 g/mol. The first kappa shape index (κ1) is 23.8. The minimum atomic E-state index is -1.45. The monoisotopic (exact) mass is 452 g/mol. The molecule has 1 aliphatic rings. The van der Waals surface area contributed by atoms with E-state index in [1.165, 1.54) is 9.80 Å². The van der Waals surface area contributed by atoms with E-state index in [1.54, 1.807) is 62.6 Å². The average Bonchev–Trinajstić information content (AvgIpc) is 3.23. The largest absolute Gasteiger partial charge is 0.390 e. The molecule has 9 heteroatoms. The van der Waals surface area contributed by atoms with E-state index < -0.39 is 30.1 Å². The summed E-state index contributed by atoms with van der Waals surface area (Å²) in [6, 6.07) is 14.5. The van der Waals surface area contributed by atoms with E-state index in [1.807, 2.05) is 13.0 Å². The molecule has 0 spiro atoms. The number of urea groups is 2. The van der Waals surface area contributed by atoms with Gasteiger partial charge in [-0.3, -0.25) is 4.90 Å². The predicted octanol–water partition coefficient (Wildman–Crippen LogP) is 2.62. The van der Waals surface area contributed by atoms with Gasteiger partial charge in [0, 0.05) is 26.3 Å². The molecule has 0 aliphatic carbocycles. The van der Waals surface area contributed by atoms with Crippen LogP contribution in [0.25, 0.3) is 0 Å². The number of nitrogens with two attached hydrogens (primary N) is 1. The Labute approximate surface area is 192 Å². The van der Waals surface area contributed by atoms with Crippen molar-refractivity contribution in [3.05, 3.63) is 65.7 Å². The molecular formula is C24H28N4O5. The number of carbonyl (C=O) groups excluding carboxylic acids is 4.